The van der Waals surface area contributed by atoms with Crippen LogP contribution >= 0.6 is 0 Å². The van der Waals surface area contributed by atoms with Gasteiger partial charge >= 0.3 is 0 Å². The van der Waals surface area contributed by atoms with Crippen LogP contribution in [0.15, 0.2) is 0 Å². The molecule has 16 heteroatoms. The van der Waals surface area contributed by atoms with Crippen molar-refractivity contribution in [1.29, 1.82) is 0 Å². The predicted molar refractivity (Wildman–Crippen MR) is 281 cm³/mol. The Kier molecular flexibility index (Phi) is 23.2. The van der Waals surface area contributed by atoms with Crippen LogP contribution in [0.5, 0.6) is 0 Å². The number of unbranched alkanes of at least 4 members (excludes halogenated alkanes) is 6. The summed E-state index contributed by atoms with van der Waals surface area (Å²) >= 11 is 0. The number of hydrogen-bond acceptors (Lipinski definition) is 15. The van der Waals surface area contributed by atoms with Gasteiger partial charge in [-0.05, 0) is 144 Å². The van der Waals surface area contributed by atoms with Crippen molar-refractivity contribution in [3.05, 3.63) is 0 Å². The zero-order valence-corrected chi connectivity index (χ0v) is 49.1. The smallest absolute Gasteiger partial charge is 0.0840 e. The fourth-order valence-electron chi connectivity index (χ4n) is 15.2. The normalized spacial score (nSPS) is 44.5. The molecular weight excluding hydrogens is 960 g/mol. The van der Waals surface area contributed by atoms with E-state index in [4.69, 9.17) is 34.2 Å². The number of fused-ring (bicyclic) bond motifs is 20. The molecule has 0 aromatic heterocycles. The van der Waals surface area contributed by atoms with Crippen LogP contribution in [0.1, 0.15) is 176 Å². The van der Waals surface area contributed by atoms with E-state index in [-0.39, 0.29) is 111 Å². The first-order valence-corrected chi connectivity index (χ1v) is 30.4. The second-order valence-electron chi connectivity index (χ2n) is 24.0. The van der Waals surface area contributed by atoms with E-state index in [2.05, 4.69) is 84.1 Å². The van der Waals surface area contributed by atoms with Crippen LogP contribution in [0.4, 0.5) is 0 Å². The summed E-state index contributed by atoms with van der Waals surface area (Å²) in [7, 11) is 0. The van der Waals surface area contributed by atoms with E-state index in [0.29, 0.717) is 47.3 Å². The third-order valence-corrected chi connectivity index (χ3v) is 19.2. The van der Waals surface area contributed by atoms with Crippen LogP contribution in [0.3, 0.4) is 0 Å². The molecule has 5 aliphatic heterocycles. The van der Waals surface area contributed by atoms with E-state index in [1.807, 2.05) is 0 Å². The van der Waals surface area contributed by atoms with E-state index in [0.717, 1.165) is 174 Å². The van der Waals surface area contributed by atoms with Gasteiger partial charge in [0.25, 0.3) is 0 Å². The molecule has 8 bridgehead atoms. The molecule has 15 nitrogen and oxygen atoms in total. The van der Waals surface area contributed by atoms with Crippen LogP contribution in [-0.2, 0) is 47.9 Å². The molecule has 0 spiro atoms. The summed E-state index contributed by atoms with van der Waals surface area (Å²) in [6, 6.07) is 0.226. The molecule has 5 saturated heterocycles. The minimum absolute atomic E-state index is 0. The molecule has 9 aliphatic rings. The summed E-state index contributed by atoms with van der Waals surface area (Å²) in [5.41, 5.74) is 6.90. The summed E-state index contributed by atoms with van der Waals surface area (Å²) in [5.74, 6) is 3.15. The maximum atomic E-state index is 6.90. The SMILES string of the molecule is CCCCOC1CC2C3NC4NC(NC5NC(NC6NC(NC(N3)C2CC1OCCCC)C1CC(OCCCC)C(OCCCC)CC61)C1CC(OCCCC)C(OCCCC)CC51)C1CC(N)CCC41.[Zn]. The Balaban J connectivity index is 0.00000693. The molecule has 0 aromatic rings. The molecule has 10 N–H and O–H groups in total. The topological polar surface area (TPSA) is 178 Å². The fraction of sp³-hybridized carbons (Fsp3) is 1.00. The summed E-state index contributed by atoms with van der Waals surface area (Å²) in [6.45, 7) is 18.3. The van der Waals surface area contributed by atoms with Gasteiger partial charge in [0.15, 0.2) is 0 Å². The number of rotatable bonds is 24. The molecule has 0 aromatic carbocycles. The molecule has 23 atom stereocenters. The second kappa shape index (κ2) is 28.8. The Morgan fingerprint density at radius 1 is 0.292 bits per heavy atom. The third-order valence-electron chi connectivity index (χ3n) is 19.2. The molecule has 4 saturated carbocycles. The van der Waals surface area contributed by atoms with E-state index in [1.165, 1.54) is 0 Å². The van der Waals surface area contributed by atoms with Crippen molar-refractivity contribution < 1.29 is 47.9 Å². The van der Waals surface area contributed by atoms with Gasteiger partial charge in [0.2, 0.25) is 0 Å². The first kappa shape index (κ1) is 58.2. The molecule has 72 heavy (non-hydrogen) atoms. The number of nitrogens with one attached hydrogen (secondary N) is 8. The maximum Gasteiger partial charge on any atom is 0.0840 e. The zero-order valence-electron chi connectivity index (χ0n) is 46.1. The average molecular weight is 1070 g/mol. The summed E-state index contributed by atoms with van der Waals surface area (Å²) in [4.78, 5) is 0. The minimum Gasteiger partial charge on any atom is -0.376 e. The van der Waals surface area contributed by atoms with Crippen LogP contribution in [0, 0.1) is 47.3 Å². The van der Waals surface area contributed by atoms with Crippen LogP contribution < -0.4 is 48.3 Å². The van der Waals surface area contributed by atoms with Crippen molar-refractivity contribution in [2.75, 3.05) is 39.6 Å². The van der Waals surface area contributed by atoms with E-state index < -0.39 is 0 Å². The zero-order chi connectivity index (χ0) is 49.3. The van der Waals surface area contributed by atoms with Crippen LogP contribution in [-0.4, -0.2) is 132 Å². The Morgan fingerprint density at radius 2 is 0.486 bits per heavy atom. The van der Waals surface area contributed by atoms with Crippen molar-refractivity contribution in [2.24, 2.45) is 53.1 Å². The van der Waals surface area contributed by atoms with E-state index >= 15 is 0 Å². The molecular formula is C56H105N9O6Zn. The largest absolute Gasteiger partial charge is 0.376 e. The first-order chi connectivity index (χ1) is 34.8. The third kappa shape index (κ3) is 13.9. The minimum atomic E-state index is 0. The monoisotopic (exact) mass is 1060 g/mol. The van der Waals surface area contributed by atoms with Crippen LogP contribution in [0.2, 0.25) is 0 Å². The molecule has 0 radical (unpaired) electrons. The van der Waals surface area contributed by atoms with Gasteiger partial charge in [-0.25, -0.2) is 0 Å². The number of ether oxygens (including phenoxy) is 6. The summed E-state index contributed by atoms with van der Waals surface area (Å²) < 4.78 is 41.1. The van der Waals surface area contributed by atoms with E-state index in [9.17, 15) is 0 Å². The molecule has 9 fully saturated rings. The molecule has 0 amide bonds. The molecule has 5 heterocycles. The van der Waals surface area contributed by atoms with Gasteiger partial charge in [-0.2, -0.15) is 0 Å². The second-order valence-corrected chi connectivity index (χ2v) is 24.0. The van der Waals surface area contributed by atoms with Crippen molar-refractivity contribution in [1.82, 2.24) is 42.5 Å². The van der Waals surface area contributed by atoms with Crippen molar-refractivity contribution in [2.45, 2.75) is 268 Å². The molecule has 412 valence electrons. The standard InChI is InChI=1S/C56H105N9O6.Zn/c1-7-13-21-66-43-28-37-38(29-44(43)67-22-14-8-2)53-61-51(37)59-49-35-20-19-34(57)27-36(35)50(58-49)60-52-39-30-45(68-23-15-9-3)46(69-24-16-10-4)31-40(39)54(62-52)64-56-42-33-48(71-26-18-12-6)47(70-25-17-11-5)32-41(42)55(63-53)65-56;/h34-56,58-65H,7-33,57H2,1-6H3;. The Hall–Kier alpha value is 0.0234. The van der Waals surface area contributed by atoms with Gasteiger partial charge in [-0.1, -0.05) is 80.1 Å². The molecule has 4 aliphatic carbocycles. The summed E-state index contributed by atoms with van der Waals surface area (Å²) in [6.07, 6.45) is 23.8. The van der Waals surface area contributed by atoms with Gasteiger partial charge < -0.3 is 34.2 Å². The van der Waals surface area contributed by atoms with Gasteiger partial charge in [-0.3, -0.25) is 42.5 Å². The number of hydrogen-bond donors (Lipinski definition) is 9. The number of nitrogens with two attached hydrogens (primary N) is 1. The quantitative estimate of drug-likeness (QED) is 0.0388. The van der Waals surface area contributed by atoms with Crippen molar-refractivity contribution in [3.63, 3.8) is 0 Å². The fourth-order valence-corrected chi connectivity index (χ4v) is 15.2. The molecule has 9 rings (SSSR count). The van der Waals surface area contributed by atoms with Gasteiger partial charge in [0, 0.05) is 65.2 Å². The Labute approximate surface area is 449 Å². The first-order valence-electron chi connectivity index (χ1n) is 30.4. The van der Waals surface area contributed by atoms with E-state index in [1.54, 1.807) is 0 Å². The van der Waals surface area contributed by atoms with Crippen molar-refractivity contribution >= 4 is 0 Å². The molecule has 23 unspecified atom stereocenters. The van der Waals surface area contributed by atoms with Gasteiger partial charge in [-0.15, -0.1) is 0 Å². The Bertz CT molecular complexity index is 1570. The average Bonchev–Trinajstić information content (AvgIpc) is 4.09. The van der Waals surface area contributed by atoms with Gasteiger partial charge in [0.05, 0.1) is 86.0 Å². The van der Waals surface area contributed by atoms with Crippen LogP contribution in [0.25, 0.3) is 0 Å². The van der Waals surface area contributed by atoms with Crippen molar-refractivity contribution in [3.8, 4) is 0 Å². The summed E-state index contributed by atoms with van der Waals surface area (Å²) in [5, 5.41) is 34.7. The maximum absolute atomic E-state index is 6.90. The Morgan fingerprint density at radius 3 is 0.694 bits per heavy atom. The van der Waals surface area contributed by atoms with Gasteiger partial charge in [0.1, 0.15) is 0 Å². The predicted octanol–water partition coefficient (Wildman–Crippen LogP) is 6.31.